The van der Waals surface area contributed by atoms with E-state index in [0.29, 0.717) is 5.02 Å². The number of nitrogens with zero attached hydrogens (tertiary/aromatic N) is 1. The van der Waals surface area contributed by atoms with E-state index in [-0.39, 0.29) is 17.8 Å². The van der Waals surface area contributed by atoms with E-state index in [1.165, 1.54) is 12.1 Å². The van der Waals surface area contributed by atoms with Gasteiger partial charge in [0.05, 0.1) is 6.10 Å². The molecule has 1 saturated heterocycles. The van der Waals surface area contributed by atoms with Crippen molar-refractivity contribution in [2.75, 3.05) is 13.1 Å². The topological polar surface area (TPSA) is 23.5 Å². The molecule has 0 bridgehead atoms. The van der Waals surface area contributed by atoms with E-state index in [1.54, 1.807) is 6.07 Å². The molecule has 2 unspecified atom stereocenters. The van der Waals surface area contributed by atoms with Crippen LogP contribution in [0.1, 0.15) is 18.9 Å². The molecule has 94 valence electrons. The molecule has 0 saturated carbocycles. The molecule has 0 spiro atoms. The summed E-state index contributed by atoms with van der Waals surface area (Å²) in [7, 11) is 0. The number of aliphatic hydroxyl groups is 1. The van der Waals surface area contributed by atoms with Crippen LogP contribution in [0.25, 0.3) is 0 Å². The molecule has 4 heteroatoms. The highest BCUT2D eigenvalue weighted by Crippen LogP contribution is 2.22. The van der Waals surface area contributed by atoms with E-state index < -0.39 is 0 Å². The van der Waals surface area contributed by atoms with Crippen molar-refractivity contribution in [3.05, 3.63) is 34.6 Å². The van der Waals surface area contributed by atoms with Crippen LogP contribution in [0.5, 0.6) is 0 Å². The largest absolute Gasteiger partial charge is 0.393 e. The zero-order chi connectivity index (χ0) is 12.4. The number of rotatable bonds is 2. The van der Waals surface area contributed by atoms with Gasteiger partial charge in [-0.05, 0) is 30.0 Å². The molecule has 2 atom stereocenters. The highest BCUT2D eigenvalue weighted by molar-refractivity contribution is 6.31. The fourth-order valence-electron chi connectivity index (χ4n) is 2.25. The van der Waals surface area contributed by atoms with Crippen LogP contribution in [-0.2, 0) is 6.54 Å². The Morgan fingerprint density at radius 3 is 2.94 bits per heavy atom. The molecule has 17 heavy (non-hydrogen) atoms. The van der Waals surface area contributed by atoms with Crippen LogP contribution in [0, 0.1) is 11.7 Å². The van der Waals surface area contributed by atoms with Crippen LogP contribution in [0.4, 0.5) is 4.39 Å². The minimum Gasteiger partial charge on any atom is -0.393 e. The van der Waals surface area contributed by atoms with Crippen molar-refractivity contribution in [1.29, 1.82) is 0 Å². The van der Waals surface area contributed by atoms with Gasteiger partial charge in [0.25, 0.3) is 0 Å². The number of benzene rings is 1. The van der Waals surface area contributed by atoms with Crippen LogP contribution in [0.15, 0.2) is 18.2 Å². The number of hydrogen-bond acceptors (Lipinski definition) is 2. The first kappa shape index (κ1) is 12.8. The first-order chi connectivity index (χ1) is 8.06. The number of aliphatic hydroxyl groups excluding tert-OH is 1. The van der Waals surface area contributed by atoms with Gasteiger partial charge in [-0.3, -0.25) is 4.90 Å². The van der Waals surface area contributed by atoms with Gasteiger partial charge in [0, 0.05) is 24.7 Å². The fourth-order valence-corrected chi connectivity index (χ4v) is 2.48. The lowest BCUT2D eigenvalue weighted by molar-refractivity contribution is 0.0320. The second-order valence-corrected chi connectivity index (χ2v) is 5.21. The van der Waals surface area contributed by atoms with Crippen LogP contribution < -0.4 is 0 Å². The predicted molar refractivity (Wildman–Crippen MR) is 66.5 cm³/mol. The fraction of sp³-hybridized carbons (Fsp3) is 0.538. The van der Waals surface area contributed by atoms with E-state index in [4.69, 9.17) is 11.6 Å². The maximum atomic E-state index is 12.9. The summed E-state index contributed by atoms with van der Waals surface area (Å²) in [4.78, 5) is 2.25. The molecule has 0 aromatic heterocycles. The minimum atomic E-state index is -0.304. The van der Waals surface area contributed by atoms with Crippen molar-refractivity contribution in [3.63, 3.8) is 0 Å². The lowest BCUT2D eigenvalue weighted by Gasteiger charge is -2.34. The second kappa shape index (κ2) is 5.34. The first-order valence-corrected chi connectivity index (χ1v) is 6.28. The zero-order valence-corrected chi connectivity index (χ0v) is 10.6. The average molecular weight is 258 g/mol. The molecule has 0 amide bonds. The van der Waals surface area contributed by atoms with Crippen molar-refractivity contribution in [3.8, 4) is 0 Å². The van der Waals surface area contributed by atoms with Gasteiger partial charge < -0.3 is 5.11 Å². The Labute approximate surface area is 106 Å². The molecule has 1 heterocycles. The Balaban J connectivity index is 2.01. The van der Waals surface area contributed by atoms with Gasteiger partial charge in [-0.1, -0.05) is 24.6 Å². The number of halogens is 2. The summed E-state index contributed by atoms with van der Waals surface area (Å²) in [6.45, 7) is 4.48. The summed E-state index contributed by atoms with van der Waals surface area (Å²) < 4.78 is 12.9. The van der Waals surface area contributed by atoms with Crippen molar-refractivity contribution in [2.45, 2.75) is 26.0 Å². The third kappa shape index (κ3) is 3.18. The summed E-state index contributed by atoms with van der Waals surface area (Å²) in [5.41, 5.74) is 0.941. The molecule has 1 fully saturated rings. The van der Waals surface area contributed by atoms with Gasteiger partial charge in [0.2, 0.25) is 0 Å². The predicted octanol–water partition coefficient (Wildman–Crippen LogP) is 2.68. The first-order valence-electron chi connectivity index (χ1n) is 5.90. The zero-order valence-electron chi connectivity index (χ0n) is 9.87. The summed E-state index contributed by atoms with van der Waals surface area (Å²) in [5, 5.41) is 10.1. The van der Waals surface area contributed by atoms with Crippen LogP contribution >= 0.6 is 11.6 Å². The Morgan fingerprint density at radius 2 is 2.29 bits per heavy atom. The van der Waals surface area contributed by atoms with Gasteiger partial charge in [0.1, 0.15) is 5.82 Å². The molecule has 1 aromatic carbocycles. The molecular weight excluding hydrogens is 241 g/mol. The normalized spacial score (nSPS) is 26.1. The quantitative estimate of drug-likeness (QED) is 0.881. The Hall–Kier alpha value is -0.640. The SMILES string of the molecule is CC1CN(Cc2ccc(F)cc2Cl)CCC1O. The number of likely N-dealkylation sites (tertiary alicyclic amines) is 1. The van der Waals surface area contributed by atoms with E-state index >= 15 is 0 Å². The van der Waals surface area contributed by atoms with Crippen molar-refractivity contribution < 1.29 is 9.50 Å². The molecule has 1 aliphatic rings. The standard InChI is InChI=1S/C13H17ClFNO/c1-9-7-16(5-4-13(9)17)8-10-2-3-11(15)6-12(10)14/h2-3,6,9,13,17H,4-5,7-8H2,1H3. The minimum absolute atomic E-state index is 0.199. The Morgan fingerprint density at radius 1 is 1.53 bits per heavy atom. The molecule has 1 N–H and O–H groups in total. The summed E-state index contributed by atoms with van der Waals surface area (Å²) in [5.74, 6) is -0.0239. The third-order valence-electron chi connectivity index (χ3n) is 3.35. The molecule has 2 rings (SSSR count). The van der Waals surface area contributed by atoms with Gasteiger partial charge >= 0.3 is 0 Å². The van der Waals surface area contributed by atoms with Gasteiger partial charge in [-0.2, -0.15) is 0 Å². The maximum Gasteiger partial charge on any atom is 0.124 e. The smallest absolute Gasteiger partial charge is 0.124 e. The monoisotopic (exact) mass is 257 g/mol. The highest BCUT2D eigenvalue weighted by Gasteiger charge is 2.24. The van der Waals surface area contributed by atoms with E-state index in [0.717, 1.165) is 31.6 Å². The van der Waals surface area contributed by atoms with Crippen molar-refractivity contribution in [1.82, 2.24) is 4.90 Å². The molecule has 2 nitrogen and oxygen atoms in total. The van der Waals surface area contributed by atoms with Crippen LogP contribution in [0.2, 0.25) is 5.02 Å². The van der Waals surface area contributed by atoms with E-state index in [9.17, 15) is 9.50 Å². The van der Waals surface area contributed by atoms with Gasteiger partial charge in [-0.15, -0.1) is 0 Å². The number of piperidine rings is 1. The molecule has 0 radical (unpaired) electrons. The Kier molecular flexibility index (Phi) is 4.02. The lowest BCUT2D eigenvalue weighted by atomic mass is 9.96. The molecule has 1 aromatic rings. The summed E-state index contributed by atoms with van der Waals surface area (Å²) in [6, 6.07) is 4.51. The Bertz CT molecular complexity index is 399. The van der Waals surface area contributed by atoms with Gasteiger partial charge in [0.15, 0.2) is 0 Å². The van der Waals surface area contributed by atoms with E-state index in [1.807, 2.05) is 6.92 Å². The van der Waals surface area contributed by atoms with Crippen molar-refractivity contribution in [2.24, 2.45) is 5.92 Å². The average Bonchev–Trinajstić information content (AvgIpc) is 2.27. The lowest BCUT2D eigenvalue weighted by Crippen LogP contribution is -2.41. The molecule has 0 aliphatic carbocycles. The molecular formula is C13H17ClFNO. The van der Waals surface area contributed by atoms with Crippen LogP contribution in [0.3, 0.4) is 0 Å². The second-order valence-electron chi connectivity index (χ2n) is 4.80. The summed E-state index contributed by atoms with van der Waals surface area (Å²) in [6.07, 6.45) is 0.593. The number of hydrogen-bond donors (Lipinski definition) is 1. The van der Waals surface area contributed by atoms with Crippen LogP contribution in [-0.4, -0.2) is 29.2 Å². The summed E-state index contributed by atoms with van der Waals surface area (Å²) >= 11 is 6.00. The maximum absolute atomic E-state index is 12.9. The van der Waals surface area contributed by atoms with E-state index in [2.05, 4.69) is 4.90 Å². The third-order valence-corrected chi connectivity index (χ3v) is 3.71. The molecule has 1 aliphatic heterocycles. The van der Waals surface area contributed by atoms with Crippen molar-refractivity contribution >= 4 is 11.6 Å². The van der Waals surface area contributed by atoms with Gasteiger partial charge in [-0.25, -0.2) is 4.39 Å². The highest BCUT2D eigenvalue weighted by atomic mass is 35.5.